The van der Waals surface area contributed by atoms with Crippen molar-refractivity contribution in [3.63, 3.8) is 0 Å². The molecule has 1 aromatic carbocycles. The molecule has 146 valence electrons. The van der Waals surface area contributed by atoms with Crippen LogP contribution in [0, 0.1) is 0 Å². The van der Waals surface area contributed by atoms with Gasteiger partial charge in [-0.25, -0.2) is 4.79 Å². The quantitative estimate of drug-likeness (QED) is 0.308. The van der Waals surface area contributed by atoms with Crippen LogP contribution in [0.15, 0.2) is 23.9 Å². The number of esters is 1. The van der Waals surface area contributed by atoms with Crippen LogP contribution < -0.4 is 14.8 Å². The molecule has 2 rings (SSSR count). The van der Waals surface area contributed by atoms with E-state index in [1.807, 2.05) is 6.92 Å². The Hall–Kier alpha value is -3.03. The van der Waals surface area contributed by atoms with Crippen molar-refractivity contribution in [3.05, 3.63) is 29.5 Å². The Kier molecular flexibility index (Phi) is 7.22. The lowest BCUT2D eigenvalue weighted by Gasteiger charge is -2.11. The van der Waals surface area contributed by atoms with Crippen molar-refractivity contribution in [1.82, 2.24) is 10.2 Å². The first-order chi connectivity index (χ1) is 13.0. The van der Waals surface area contributed by atoms with E-state index in [2.05, 4.69) is 5.32 Å². The molecular formula is C19H24N2O6. The van der Waals surface area contributed by atoms with Gasteiger partial charge in [0, 0.05) is 6.54 Å². The maximum absolute atomic E-state index is 12.4. The fourth-order valence-electron chi connectivity index (χ4n) is 2.49. The van der Waals surface area contributed by atoms with Crippen molar-refractivity contribution in [2.24, 2.45) is 0 Å². The van der Waals surface area contributed by atoms with Crippen LogP contribution >= 0.6 is 0 Å². The van der Waals surface area contributed by atoms with Gasteiger partial charge in [-0.2, -0.15) is 0 Å². The Labute approximate surface area is 158 Å². The fourth-order valence-corrected chi connectivity index (χ4v) is 2.49. The number of rotatable bonds is 9. The summed E-state index contributed by atoms with van der Waals surface area (Å²) < 4.78 is 15.4. The lowest BCUT2D eigenvalue weighted by atomic mass is 10.1. The minimum atomic E-state index is -0.562. The second-order valence-corrected chi connectivity index (χ2v) is 5.88. The molecule has 0 aliphatic carbocycles. The van der Waals surface area contributed by atoms with E-state index in [1.54, 1.807) is 24.3 Å². The number of imide groups is 1. The molecule has 0 radical (unpaired) electrons. The summed E-state index contributed by atoms with van der Waals surface area (Å²) in [6.07, 6.45) is 3.21. The summed E-state index contributed by atoms with van der Waals surface area (Å²) in [5.74, 6) is 0.150. The smallest absolute Gasteiger partial charge is 0.329 e. The van der Waals surface area contributed by atoms with Gasteiger partial charge < -0.3 is 19.5 Å². The highest BCUT2D eigenvalue weighted by Gasteiger charge is 2.33. The van der Waals surface area contributed by atoms with E-state index >= 15 is 0 Å². The van der Waals surface area contributed by atoms with Gasteiger partial charge in [-0.05, 0) is 30.2 Å². The summed E-state index contributed by atoms with van der Waals surface area (Å²) in [5, 5.41) is 2.52. The first kappa shape index (κ1) is 20.3. The van der Waals surface area contributed by atoms with E-state index in [9.17, 15) is 14.4 Å². The van der Waals surface area contributed by atoms with Crippen molar-refractivity contribution in [2.75, 3.05) is 27.4 Å². The van der Waals surface area contributed by atoms with Crippen LogP contribution in [0.5, 0.6) is 11.5 Å². The van der Waals surface area contributed by atoms with Crippen LogP contribution in [0.2, 0.25) is 0 Å². The number of nitrogens with zero attached hydrogens (tertiary/aromatic N) is 1. The number of ether oxygens (including phenoxy) is 3. The fraction of sp³-hybridized carbons (Fsp3) is 0.421. The molecule has 0 spiro atoms. The highest BCUT2D eigenvalue weighted by atomic mass is 16.5. The molecule has 1 heterocycles. The minimum absolute atomic E-state index is 0.0289. The number of hydrogen-bond acceptors (Lipinski definition) is 6. The third-order valence-electron chi connectivity index (χ3n) is 3.98. The summed E-state index contributed by atoms with van der Waals surface area (Å²) in [6, 6.07) is 4.57. The van der Waals surface area contributed by atoms with Gasteiger partial charge >= 0.3 is 12.0 Å². The Bertz CT molecular complexity index is 744. The second-order valence-electron chi connectivity index (χ2n) is 5.88. The monoisotopic (exact) mass is 376 g/mol. The van der Waals surface area contributed by atoms with Crippen molar-refractivity contribution in [2.45, 2.75) is 26.2 Å². The Morgan fingerprint density at radius 1 is 1.19 bits per heavy atom. The van der Waals surface area contributed by atoms with Crippen LogP contribution in [0.3, 0.4) is 0 Å². The normalized spacial score (nSPS) is 15.1. The predicted molar refractivity (Wildman–Crippen MR) is 98.3 cm³/mol. The maximum atomic E-state index is 12.4. The zero-order valence-electron chi connectivity index (χ0n) is 15.7. The minimum Gasteiger partial charge on any atom is -0.493 e. The highest BCUT2D eigenvalue weighted by Crippen LogP contribution is 2.28. The largest absolute Gasteiger partial charge is 0.493 e. The number of urea groups is 1. The first-order valence-electron chi connectivity index (χ1n) is 8.72. The van der Waals surface area contributed by atoms with Crippen LogP contribution in [-0.2, 0) is 14.3 Å². The molecule has 8 heteroatoms. The van der Waals surface area contributed by atoms with E-state index in [-0.39, 0.29) is 18.7 Å². The molecule has 0 aromatic heterocycles. The Morgan fingerprint density at radius 2 is 1.93 bits per heavy atom. The molecule has 27 heavy (non-hydrogen) atoms. The number of carbonyl (C=O) groups excluding carboxylic acids is 3. The van der Waals surface area contributed by atoms with Gasteiger partial charge in [0.2, 0.25) is 0 Å². The number of amides is 3. The number of unbranched alkanes of at least 4 members (excludes halogenated alkanes) is 1. The second kappa shape index (κ2) is 9.61. The van der Waals surface area contributed by atoms with E-state index in [0.717, 1.165) is 17.7 Å². The maximum Gasteiger partial charge on any atom is 0.329 e. The summed E-state index contributed by atoms with van der Waals surface area (Å²) >= 11 is 0. The van der Waals surface area contributed by atoms with Gasteiger partial charge in [0.05, 0.1) is 27.2 Å². The molecule has 1 fully saturated rings. The van der Waals surface area contributed by atoms with Gasteiger partial charge in [0.15, 0.2) is 11.5 Å². The van der Waals surface area contributed by atoms with Crippen LogP contribution in [0.25, 0.3) is 6.08 Å². The number of hydrogen-bond donors (Lipinski definition) is 1. The topological polar surface area (TPSA) is 94.2 Å². The van der Waals surface area contributed by atoms with Crippen molar-refractivity contribution in [3.8, 4) is 11.5 Å². The zero-order valence-corrected chi connectivity index (χ0v) is 15.7. The van der Waals surface area contributed by atoms with E-state index < -0.39 is 17.9 Å². The first-order valence-corrected chi connectivity index (χ1v) is 8.72. The molecule has 1 aromatic rings. The Morgan fingerprint density at radius 3 is 2.59 bits per heavy atom. The number of benzene rings is 1. The molecule has 0 bridgehead atoms. The van der Waals surface area contributed by atoms with Crippen molar-refractivity contribution < 1.29 is 28.6 Å². The van der Waals surface area contributed by atoms with Crippen LogP contribution in [0.1, 0.15) is 31.7 Å². The third kappa shape index (κ3) is 5.22. The highest BCUT2D eigenvalue weighted by molar-refractivity contribution is 6.14. The average Bonchev–Trinajstić information content (AvgIpc) is 2.93. The lowest BCUT2D eigenvalue weighted by molar-refractivity contribution is -0.144. The summed E-state index contributed by atoms with van der Waals surface area (Å²) in [5.41, 5.74) is 0.795. The predicted octanol–water partition coefficient (Wildman–Crippen LogP) is 2.33. The van der Waals surface area contributed by atoms with Gasteiger partial charge in [0.25, 0.3) is 5.91 Å². The van der Waals surface area contributed by atoms with Crippen molar-refractivity contribution >= 4 is 24.0 Å². The molecule has 1 aliphatic rings. The Balaban J connectivity index is 2.02. The van der Waals surface area contributed by atoms with Crippen LogP contribution in [-0.4, -0.2) is 50.2 Å². The van der Waals surface area contributed by atoms with Gasteiger partial charge in [-0.15, -0.1) is 0 Å². The standard InChI is InChI=1S/C19H24N2O6/c1-4-5-10-27-17(22)8-9-21-18(23)14(20-19(21)24)11-13-6-7-15(25-2)16(12-13)26-3/h6-7,11-12H,4-5,8-10H2,1-3H3,(H,20,24). The zero-order chi connectivity index (χ0) is 19.8. The molecule has 0 saturated carbocycles. The molecule has 1 saturated heterocycles. The van der Waals surface area contributed by atoms with Gasteiger partial charge in [-0.1, -0.05) is 19.4 Å². The summed E-state index contributed by atoms with van der Waals surface area (Å²) in [4.78, 5) is 37.1. The number of nitrogens with one attached hydrogen (secondary N) is 1. The van der Waals surface area contributed by atoms with Crippen LogP contribution in [0.4, 0.5) is 4.79 Å². The number of carbonyl (C=O) groups is 3. The lowest BCUT2D eigenvalue weighted by Crippen LogP contribution is -2.33. The molecule has 0 unspecified atom stereocenters. The number of methoxy groups -OCH3 is 2. The molecule has 1 N–H and O–H groups in total. The molecule has 3 amide bonds. The van der Waals surface area contributed by atoms with E-state index in [4.69, 9.17) is 14.2 Å². The molecular weight excluding hydrogens is 352 g/mol. The van der Waals surface area contributed by atoms with E-state index in [0.29, 0.717) is 23.7 Å². The average molecular weight is 376 g/mol. The summed E-state index contributed by atoms with van der Waals surface area (Å²) in [6.45, 7) is 2.31. The summed E-state index contributed by atoms with van der Waals surface area (Å²) in [7, 11) is 3.04. The van der Waals surface area contributed by atoms with Gasteiger partial charge in [0.1, 0.15) is 5.70 Å². The van der Waals surface area contributed by atoms with E-state index in [1.165, 1.54) is 14.2 Å². The molecule has 8 nitrogen and oxygen atoms in total. The van der Waals surface area contributed by atoms with Gasteiger partial charge in [-0.3, -0.25) is 14.5 Å². The SMILES string of the molecule is CCCCOC(=O)CCN1C(=O)NC(=Cc2ccc(OC)c(OC)c2)C1=O. The third-order valence-corrected chi connectivity index (χ3v) is 3.98. The molecule has 0 atom stereocenters. The molecule has 1 aliphatic heterocycles. The van der Waals surface area contributed by atoms with Crippen molar-refractivity contribution in [1.29, 1.82) is 0 Å².